The van der Waals surface area contributed by atoms with Crippen molar-refractivity contribution in [2.24, 2.45) is 0 Å². The van der Waals surface area contributed by atoms with E-state index in [0.29, 0.717) is 29.6 Å². The molecule has 1 aliphatic carbocycles. The fourth-order valence-electron chi connectivity index (χ4n) is 3.63. The van der Waals surface area contributed by atoms with Gasteiger partial charge in [0.15, 0.2) is 5.65 Å². The van der Waals surface area contributed by atoms with E-state index in [2.05, 4.69) is 22.2 Å². The van der Waals surface area contributed by atoms with Crippen LogP contribution in [0.15, 0.2) is 41.3 Å². The lowest BCUT2D eigenvalue weighted by molar-refractivity contribution is 0.336. The first-order valence-corrected chi connectivity index (χ1v) is 8.95. The summed E-state index contributed by atoms with van der Waals surface area (Å²) in [5.74, 6) is 0.582. The molecule has 1 N–H and O–H groups in total. The van der Waals surface area contributed by atoms with Gasteiger partial charge < -0.3 is 4.90 Å². The maximum absolute atomic E-state index is 12.5. The lowest BCUT2D eigenvalue weighted by atomic mass is 9.96. The van der Waals surface area contributed by atoms with Gasteiger partial charge in [0.05, 0.1) is 12.2 Å². The molecule has 1 aliphatic rings. The van der Waals surface area contributed by atoms with E-state index < -0.39 is 0 Å². The van der Waals surface area contributed by atoms with E-state index in [1.807, 2.05) is 34.8 Å². The molecular formula is C19H23N5O. The van der Waals surface area contributed by atoms with Crippen molar-refractivity contribution in [3.8, 4) is 0 Å². The molecule has 2 heterocycles. The van der Waals surface area contributed by atoms with E-state index in [0.717, 1.165) is 12.8 Å². The minimum Gasteiger partial charge on any atom is -0.341 e. The Balaban J connectivity index is 1.69. The summed E-state index contributed by atoms with van der Waals surface area (Å²) in [6, 6.07) is 10.5. The Morgan fingerprint density at radius 3 is 2.72 bits per heavy atom. The average Bonchev–Trinajstić information content (AvgIpc) is 3.08. The summed E-state index contributed by atoms with van der Waals surface area (Å²) in [5.41, 5.74) is 1.75. The number of hydrogen-bond acceptors (Lipinski definition) is 4. The van der Waals surface area contributed by atoms with Crippen molar-refractivity contribution in [1.29, 1.82) is 0 Å². The summed E-state index contributed by atoms with van der Waals surface area (Å²) in [7, 11) is 1.94. The minimum atomic E-state index is -0.123. The molecule has 0 bridgehead atoms. The Labute approximate surface area is 146 Å². The third-order valence-corrected chi connectivity index (χ3v) is 5.00. The Kier molecular flexibility index (Phi) is 4.26. The van der Waals surface area contributed by atoms with Gasteiger partial charge in [0.25, 0.3) is 5.56 Å². The highest BCUT2D eigenvalue weighted by Gasteiger charge is 2.20. The summed E-state index contributed by atoms with van der Waals surface area (Å²) in [6.45, 7) is 0.687. The predicted molar refractivity (Wildman–Crippen MR) is 98.8 cm³/mol. The summed E-state index contributed by atoms with van der Waals surface area (Å²) in [6.07, 6.45) is 7.60. The van der Waals surface area contributed by atoms with Crippen molar-refractivity contribution in [2.45, 2.75) is 44.7 Å². The second-order valence-corrected chi connectivity index (χ2v) is 6.85. The van der Waals surface area contributed by atoms with Crippen molar-refractivity contribution >= 4 is 17.0 Å². The van der Waals surface area contributed by atoms with Crippen LogP contribution in [0.2, 0.25) is 0 Å². The van der Waals surface area contributed by atoms with Crippen LogP contribution in [-0.2, 0) is 6.54 Å². The Hall–Kier alpha value is -2.63. The minimum absolute atomic E-state index is 0.123. The van der Waals surface area contributed by atoms with Crippen molar-refractivity contribution < 1.29 is 0 Å². The molecule has 0 saturated heterocycles. The zero-order chi connectivity index (χ0) is 17.2. The third-order valence-electron chi connectivity index (χ3n) is 5.00. The number of H-pyrrole nitrogens is 1. The fourth-order valence-corrected chi connectivity index (χ4v) is 3.63. The van der Waals surface area contributed by atoms with Crippen LogP contribution in [0.5, 0.6) is 0 Å². The molecule has 0 amide bonds. The second kappa shape index (κ2) is 6.70. The zero-order valence-corrected chi connectivity index (χ0v) is 14.5. The largest absolute Gasteiger partial charge is 0.341 e. The van der Waals surface area contributed by atoms with E-state index in [9.17, 15) is 4.79 Å². The predicted octanol–water partition coefficient (Wildman–Crippen LogP) is 3.26. The SMILES string of the molecule is CN(Cc1ccccc1)c1nc2c(cnn2C2CCCCC2)c(=O)[nH]1. The molecule has 0 unspecified atom stereocenters. The van der Waals surface area contributed by atoms with Gasteiger partial charge in [0.1, 0.15) is 5.39 Å². The standard InChI is InChI=1S/C19H23N5O/c1-23(13-14-8-4-2-5-9-14)19-21-17-16(18(25)22-19)12-20-24(17)15-10-6-3-7-11-15/h2,4-5,8-9,12,15H,3,6-7,10-11,13H2,1H3,(H,21,22,25). The average molecular weight is 337 g/mol. The Morgan fingerprint density at radius 2 is 1.96 bits per heavy atom. The number of aromatic amines is 1. The quantitative estimate of drug-likeness (QED) is 0.793. The van der Waals surface area contributed by atoms with Gasteiger partial charge in [-0.1, -0.05) is 49.6 Å². The number of aromatic nitrogens is 4. The topological polar surface area (TPSA) is 66.8 Å². The Bertz CT molecular complexity index is 908. The van der Waals surface area contributed by atoms with Crippen molar-refractivity contribution in [3.63, 3.8) is 0 Å². The van der Waals surface area contributed by atoms with Crippen molar-refractivity contribution in [3.05, 3.63) is 52.4 Å². The van der Waals surface area contributed by atoms with Gasteiger partial charge in [-0.05, 0) is 18.4 Å². The highest BCUT2D eigenvalue weighted by atomic mass is 16.1. The van der Waals surface area contributed by atoms with E-state index in [1.165, 1.54) is 24.8 Å². The van der Waals surface area contributed by atoms with Crippen LogP contribution in [0.25, 0.3) is 11.0 Å². The maximum Gasteiger partial charge on any atom is 0.263 e. The molecule has 1 aromatic carbocycles. The molecule has 6 nitrogen and oxygen atoms in total. The smallest absolute Gasteiger partial charge is 0.263 e. The molecule has 0 atom stereocenters. The first-order valence-electron chi connectivity index (χ1n) is 8.95. The number of nitrogens with zero attached hydrogens (tertiary/aromatic N) is 4. The van der Waals surface area contributed by atoms with Crippen LogP contribution in [0.3, 0.4) is 0 Å². The van der Waals surface area contributed by atoms with Crippen molar-refractivity contribution in [2.75, 3.05) is 11.9 Å². The molecule has 0 radical (unpaired) electrons. The fraction of sp³-hybridized carbons (Fsp3) is 0.421. The van der Waals surface area contributed by atoms with Gasteiger partial charge >= 0.3 is 0 Å². The molecule has 130 valence electrons. The highest BCUT2D eigenvalue weighted by molar-refractivity contribution is 5.74. The Morgan fingerprint density at radius 1 is 1.20 bits per heavy atom. The molecule has 0 aliphatic heterocycles. The van der Waals surface area contributed by atoms with Gasteiger partial charge in [-0.2, -0.15) is 10.1 Å². The van der Waals surface area contributed by atoms with E-state index in [1.54, 1.807) is 6.20 Å². The van der Waals surface area contributed by atoms with Crippen LogP contribution in [0.4, 0.5) is 5.95 Å². The van der Waals surface area contributed by atoms with E-state index in [-0.39, 0.29) is 5.56 Å². The maximum atomic E-state index is 12.5. The molecule has 1 fully saturated rings. The van der Waals surface area contributed by atoms with Crippen LogP contribution >= 0.6 is 0 Å². The van der Waals surface area contributed by atoms with E-state index in [4.69, 9.17) is 4.98 Å². The molecule has 0 spiro atoms. The zero-order valence-electron chi connectivity index (χ0n) is 14.5. The van der Waals surface area contributed by atoms with Crippen LogP contribution in [-0.4, -0.2) is 26.8 Å². The summed E-state index contributed by atoms with van der Waals surface area (Å²) in [5, 5.41) is 5.05. The number of anilines is 1. The summed E-state index contributed by atoms with van der Waals surface area (Å²) < 4.78 is 1.96. The highest BCUT2D eigenvalue weighted by Crippen LogP contribution is 2.29. The number of benzene rings is 1. The van der Waals surface area contributed by atoms with Gasteiger partial charge in [0.2, 0.25) is 5.95 Å². The molecular weight excluding hydrogens is 314 g/mol. The monoisotopic (exact) mass is 337 g/mol. The molecule has 2 aromatic heterocycles. The van der Waals surface area contributed by atoms with Gasteiger partial charge in [-0.15, -0.1) is 0 Å². The second-order valence-electron chi connectivity index (χ2n) is 6.85. The number of rotatable bonds is 4. The van der Waals surface area contributed by atoms with Crippen LogP contribution < -0.4 is 10.5 Å². The van der Waals surface area contributed by atoms with Gasteiger partial charge in [-0.25, -0.2) is 4.68 Å². The lowest BCUT2D eigenvalue weighted by Crippen LogP contribution is -2.23. The summed E-state index contributed by atoms with van der Waals surface area (Å²) in [4.78, 5) is 22.1. The molecule has 25 heavy (non-hydrogen) atoms. The molecule has 4 rings (SSSR count). The van der Waals surface area contributed by atoms with Crippen molar-refractivity contribution in [1.82, 2.24) is 19.7 Å². The molecule has 6 heteroatoms. The third kappa shape index (κ3) is 3.16. The van der Waals surface area contributed by atoms with Crippen LogP contribution in [0, 0.1) is 0 Å². The number of nitrogens with one attached hydrogen (secondary N) is 1. The molecule has 3 aromatic rings. The number of fused-ring (bicyclic) bond motifs is 1. The first kappa shape index (κ1) is 15.9. The van der Waals surface area contributed by atoms with Gasteiger partial charge in [-0.3, -0.25) is 9.78 Å². The first-order chi connectivity index (χ1) is 12.2. The van der Waals surface area contributed by atoms with E-state index >= 15 is 0 Å². The molecule has 1 saturated carbocycles. The van der Waals surface area contributed by atoms with Crippen LogP contribution in [0.1, 0.15) is 43.7 Å². The number of hydrogen-bond donors (Lipinski definition) is 1. The van der Waals surface area contributed by atoms with Gasteiger partial charge in [0, 0.05) is 13.6 Å². The summed E-state index contributed by atoms with van der Waals surface area (Å²) >= 11 is 0. The normalized spacial score (nSPS) is 15.6. The lowest BCUT2D eigenvalue weighted by Gasteiger charge is -2.23.